The van der Waals surface area contributed by atoms with Crippen LogP contribution in [-0.4, -0.2) is 29.2 Å². The van der Waals surface area contributed by atoms with E-state index in [1.807, 2.05) is 6.07 Å². The number of piperidine rings is 1. The van der Waals surface area contributed by atoms with E-state index in [9.17, 15) is 5.11 Å². The van der Waals surface area contributed by atoms with Gasteiger partial charge in [0.2, 0.25) is 0 Å². The summed E-state index contributed by atoms with van der Waals surface area (Å²) in [6.45, 7) is 2.33. The second-order valence-electron chi connectivity index (χ2n) is 5.87. The summed E-state index contributed by atoms with van der Waals surface area (Å²) in [7, 11) is 0. The van der Waals surface area contributed by atoms with Gasteiger partial charge in [-0.3, -0.25) is 4.90 Å². The summed E-state index contributed by atoms with van der Waals surface area (Å²) < 4.78 is 0. The number of aliphatic hydroxyl groups is 1. The summed E-state index contributed by atoms with van der Waals surface area (Å²) in [5.41, 5.74) is 3.85. The van der Waals surface area contributed by atoms with Crippen molar-refractivity contribution in [1.29, 1.82) is 0 Å². The van der Waals surface area contributed by atoms with Crippen LogP contribution in [0.15, 0.2) is 54.6 Å². The molecule has 2 aromatic rings. The lowest BCUT2D eigenvalue weighted by atomic mass is 10.0. The van der Waals surface area contributed by atoms with E-state index in [2.05, 4.69) is 53.4 Å². The summed E-state index contributed by atoms with van der Waals surface area (Å²) in [5, 5.41) is 9.49. The summed E-state index contributed by atoms with van der Waals surface area (Å²) in [5.74, 6) is 0. The lowest BCUT2D eigenvalue weighted by Gasteiger charge is -2.34. The molecule has 2 heteroatoms. The highest BCUT2D eigenvalue weighted by atomic mass is 16.3. The Bertz CT molecular complexity index is 550. The highest BCUT2D eigenvalue weighted by Crippen LogP contribution is 2.22. The molecule has 110 valence electrons. The van der Waals surface area contributed by atoms with Gasteiger partial charge in [-0.15, -0.1) is 0 Å². The fourth-order valence-electron chi connectivity index (χ4n) is 3.14. The van der Waals surface area contributed by atoms with Crippen LogP contribution >= 0.6 is 0 Å². The van der Waals surface area contributed by atoms with Gasteiger partial charge in [0, 0.05) is 12.6 Å². The van der Waals surface area contributed by atoms with Crippen LogP contribution in [-0.2, 0) is 6.54 Å². The zero-order valence-corrected chi connectivity index (χ0v) is 12.4. The quantitative estimate of drug-likeness (QED) is 0.923. The molecule has 0 aromatic heterocycles. The van der Waals surface area contributed by atoms with Crippen molar-refractivity contribution in [3.63, 3.8) is 0 Å². The van der Waals surface area contributed by atoms with E-state index in [0.29, 0.717) is 6.04 Å². The Morgan fingerprint density at radius 2 is 1.62 bits per heavy atom. The average molecular weight is 281 g/mol. The molecule has 21 heavy (non-hydrogen) atoms. The van der Waals surface area contributed by atoms with Crippen LogP contribution in [0.5, 0.6) is 0 Å². The van der Waals surface area contributed by atoms with E-state index in [1.165, 1.54) is 29.5 Å². The third-order valence-corrected chi connectivity index (χ3v) is 4.41. The van der Waals surface area contributed by atoms with Gasteiger partial charge in [-0.2, -0.15) is 0 Å². The molecule has 0 aliphatic carbocycles. The van der Waals surface area contributed by atoms with Crippen LogP contribution in [0.3, 0.4) is 0 Å². The normalized spacial score (nSPS) is 19.6. The van der Waals surface area contributed by atoms with Crippen molar-refractivity contribution in [2.75, 3.05) is 13.2 Å². The Balaban J connectivity index is 1.69. The molecule has 1 saturated heterocycles. The first-order valence-corrected chi connectivity index (χ1v) is 7.86. The van der Waals surface area contributed by atoms with Crippen molar-refractivity contribution in [3.05, 3.63) is 60.2 Å². The SMILES string of the molecule is OC[C@H]1CCCCN1Cc1ccc(-c2ccccc2)cc1. The van der Waals surface area contributed by atoms with Gasteiger partial charge in [0.25, 0.3) is 0 Å². The van der Waals surface area contributed by atoms with E-state index >= 15 is 0 Å². The van der Waals surface area contributed by atoms with Crippen LogP contribution in [0.4, 0.5) is 0 Å². The number of aliphatic hydroxyl groups excluding tert-OH is 1. The summed E-state index contributed by atoms with van der Waals surface area (Å²) in [4.78, 5) is 2.42. The van der Waals surface area contributed by atoms with Crippen molar-refractivity contribution in [3.8, 4) is 11.1 Å². The maximum Gasteiger partial charge on any atom is 0.0586 e. The number of rotatable bonds is 4. The molecule has 1 aliphatic rings. The molecule has 2 aromatic carbocycles. The fraction of sp³-hybridized carbons (Fsp3) is 0.368. The summed E-state index contributed by atoms with van der Waals surface area (Å²) >= 11 is 0. The molecule has 1 N–H and O–H groups in total. The van der Waals surface area contributed by atoms with Gasteiger partial charge in [0.1, 0.15) is 0 Å². The van der Waals surface area contributed by atoms with Gasteiger partial charge in [-0.1, -0.05) is 61.0 Å². The molecule has 0 spiro atoms. The van der Waals surface area contributed by atoms with Gasteiger partial charge >= 0.3 is 0 Å². The number of nitrogens with zero attached hydrogens (tertiary/aromatic N) is 1. The minimum Gasteiger partial charge on any atom is -0.395 e. The van der Waals surface area contributed by atoms with Crippen molar-refractivity contribution >= 4 is 0 Å². The predicted octanol–water partition coefficient (Wildman–Crippen LogP) is 3.70. The number of benzene rings is 2. The number of hydrogen-bond donors (Lipinski definition) is 1. The summed E-state index contributed by atoms with van der Waals surface area (Å²) in [6, 6.07) is 19.6. The van der Waals surface area contributed by atoms with E-state index in [-0.39, 0.29) is 6.61 Å². The van der Waals surface area contributed by atoms with Crippen LogP contribution in [0.25, 0.3) is 11.1 Å². The second-order valence-corrected chi connectivity index (χ2v) is 5.87. The van der Waals surface area contributed by atoms with Crippen LogP contribution < -0.4 is 0 Å². The standard InChI is InChI=1S/C19H23NO/c21-15-19-8-4-5-13-20(19)14-16-9-11-18(12-10-16)17-6-2-1-3-7-17/h1-3,6-7,9-12,19,21H,4-5,8,13-15H2/t19-/m1/s1. The van der Waals surface area contributed by atoms with Crippen molar-refractivity contribution < 1.29 is 5.11 Å². The van der Waals surface area contributed by atoms with Gasteiger partial charge in [-0.25, -0.2) is 0 Å². The highest BCUT2D eigenvalue weighted by Gasteiger charge is 2.21. The van der Waals surface area contributed by atoms with Crippen LogP contribution in [0, 0.1) is 0 Å². The molecule has 0 radical (unpaired) electrons. The van der Waals surface area contributed by atoms with Crippen molar-refractivity contribution in [2.45, 2.75) is 31.8 Å². The summed E-state index contributed by atoms with van der Waals surface area (Å²) in [6.07, 6.45) is 3.62. The molecular formula is C19H23NO. The van der Waals surface area contributed by atoms with Crippen molar-refractivity contribution in [1.82, 2.24) is 4.90 Å². The van der Waals surface area contributed by atoms with E-state index in [0.717, 1.165) is 19.5 Å². The van der Waals surface area contributed by atoms with Crippen LogP contribution in [0.2, 0.25) is 0 Å². The second kappa shape index (κ2) is 6.88. The minimum absolute atomic E-state index is 0.280. The zero-order chi connectivity index (χ0) is 14.5. The van der Waals surface area contributed by atoms with E-state index in [1.54, 1.807) is 0 Å². The maximum atomic E-state index is 9.49. The fourth-order valence-corrected chi connectivity index (χ4v) is 3.14. The maximum absolute atomic E-state index is 9.49. The molecule has 0 saturated carbocycles. The van der Waals surface area contributed by atoms with Gasteiger partial charge in [0.15, 0.2) is 0 Å². The molecular weight excluding hydrogens is 258 g/mol. The molecule has 2 nitrogen and oxygen atoms in total. The monoisotopic (exact) mass is 281 g/mol. The Morgan fingerprint density at radius 1 is 0.905 bits per heavy atom. The zero-order valence-electron chi connectivity index (χ0n) is 12.4. The van der Waals surface area contributed by atoms with E-state index in [4.69, 9.17) is 0 Å². The first kappa shape index (κ1) is 14.3. The predicted molar refractivity (Wildman–Crippen MR) is 87.0 cm³/mol. The van der Waals surface area contributed by atoms with E-state index < -0.39 is 0 Å². The number of likely N-dealkylation sites (tertiary alicyclic amines) is 1. The van der Waals surface area contributed by atoms with Gasteiger partial charge in [0.05, 0.1) is 6.61 Å². The molecule has 1 heterocycles. The Hall–Kier alpha value is -1.64. The molecule has 3 rings (SSSR count). The third-order valence-electron chi connectivity index (χ3n) is 4.41. The molecule has 1 fully saturated rings. The molecule has 0 bridgehead atoms. The molecule has 1 atom stereocenters. The first-order chi connectivity index (χ1) is 10.4. The van der Waals surface area contributed by atoms with Crippen molar-refractivity contribution in [2.24, 2.45) is 0 Å². The van der Waals surface area contributed by atoms with Gasteiger partial charge < -0.3 is 5.11 Å². The molecule has 1 aliphatic heterocycles. The minimum atomic E-state index is 0.280. The lowest BCUT2D eigenvalue weighted by Crippen LogP contribution is -2.41. The Kier molecular flexibility index (Phi) is 4.69. The smallest absolute Gasteiger partial charge is 0.0586 e. The van der Waals surface area contributed by atoms with Gasteiger partial charge in [-0.05, 0) is 36.1 Å². The topological polar surface area (TPSA) is 23.5 Å². The molecule has 0 unspecified atom stereocenters. The lowest BCUT2D eigenvalue weighted by molar-refractivity contribution is 0.0841. The van der Waals surface area contributed by atoms with Crippen LogP contribution in [0.1, 0.15) is 24.8 Å². The largest absolute Gasteiger partial charge is 0.395 e. The molecule has 0 amide bonds. The Labute approximate surface area is 127 Å². The number of hydrogen-bond acceptors (Lipinski definition) is 2. The third kappa shape index (κ3) is 3.52. The highest BCUT2D eigenvalue weighted by molar-refractivity contribution is 5.63. The first-order valence-electron chi connectivity index (χ1n) is 7.86. The average Bonchev–Trinajstić information content (AvgIpc) is 2.57. The Morgan fingerprint density at radius 3 is 2.33 bits per heavy atom.